The zero-order valence-electron chi connectivity index (χ0n) is 11.2. The second kappa shape index (κ2) is 16.5. The van der Waals surface area contributed by atoms with E-state index in [-0.39, 0.29) is 51.2 Å². The number of hydrogen-bond donors (Lipinski definition) is 0. The van der Waals surface area contributed by atoms with Gasteiger partial charge in [0.2, 0.25) is 0 Å². The number of unbranched alkanes of at least 4 members (excludes halogenated alkanes) is 7. The van der Waals surface area contributed by atoms with Crippen LogP contribution in [0.4, 0.5) is 0 Å². The van der Waals surface area contributed by atoms with Crippen LogP contribution in [0.1, 0.15) is 64.7 Å². The molecule has 0 aromatic carbocycles. The van der Waals surface area contributed by atoms with Gasteiger partial charge in [0, 0.05) is 5.92 Å². The molecule has 0 aliphatic rings. The van der Waals surface area contributed by atoms with Crippen molar-refractivity contribution in [2.75, 3.05) is 0 Å². The number of carboxylic acids is 2. The molecule has 0 spiro atoms. The van der Waals surface area contributed by atoms with Gasteiger partial charge in [0.05, 0.1) is 11.9 Å². The van der Waals surface area contributed by atoms with Crippen molar-refractivity contribution in [1.82, 2.24) is 0 Å². The standard InChI is InChI=1S/C13H24O4.2Ag/c1-2-3-4-5-6-7-8-9-10-11(12(14)15)13(16)17;;/h11H,2-10H2,1H3,(H,14,15)(H,16,17);;/q;2*+1/p-2. The molecule has 0 aliphatic heterocycles. The number of rotatable bonds is 11. The Bertz CT molecular complexity index is 221. The molecular weight excluding hydrogens is 436 g/mol. The number of carboxylic acid groups (broad SMARTS) is 2. The van der Waals surface area contributed by atoms with Crippen molar-refractivity contribution >= 4 is 11.9 Å². The van der Waals surface area contributed by atoms with Gasteiger partial charge < -0.3 is 19.8 Å². The SMILES string of the molecule is CCCCCCCCCCC(C(=O)[O-])C(=O)[O-].[Ag+].[Ag+]. The van der Waals surface area contributed by atoms with Crippen molar-refractivity contribution in [1.29, 1.82) is 0 Å². The molecule has 0 unspecified atom stereocenters. The molecule has 19 heavy (non-hydrogen) atoms. The summed E-state index contributed by atoms with van der Waals surface area (Å²) in [7, 11) is 0. The van der Waals surface area contributed by atoms with E-state index in [0.29, 0.717) is 6.42 Å². The van der Waals surface area contributed by atoms with E-state index in [9.17, 15) is 19.8 Å². The molecule has 0 amide bonds. The Morgan fingerprint density at radius 1 is 0.789 bits per heavy atom. The molecule has 0 aromatic heterocycles. The van der Waals surface area contributed by atoms with Gasteiger partial charge in [-0.15, -0.1) is 0 Å². The first-order valence-electron chi connectivity index (χ1n) is 6.51. The Labute approximate surface area is 146 Å². The molecule has 0 aromatic rings. The quantitative estimate of drug-likeness (QED) is 0.259. The second-order valence-electron chi connectivity index (χ2n) is 4.45. The van der Waals surface area contributed by atoms with Gasteiger partial charge in [-0.3, -0.25) is 0 Å². The van der Waals surface area contributed by atoms with Gasteiger partial charge in [-0.2, -0.15) is 0 Å². The average Bonchev–Trinajstić information content (AvgIpc) is 2.26. The third kappa shape index (κ3) is 14.6. The van der Waals surface area contributed by atoms with Crippen LogP contribution in [-0.2, 0) is 54.3 Å². The third-order valence-electron chi connectivity index (χ3n) is 2.92. The molecule has 120 valence electrons. The van der Waals surface area contributed by atoms with E-state index in [2.05, 4.69) is 6.92 Å². The second-order valence-corrected chi connectivity index (χ2v) is 4.45. The Kier molecular flexibility index (Phi) is 21.2. The Morgan fingerprint density at radius 2 is 1.16 bits per heavy atom. The van der Waals surface area contributed by atoms with Crippen molar-refractivity contribution in [3.05, 3.63) is 0 Å². The molecule has 0 rings (SSSR count). The van der Waals surface area contributed by atoms with E-state index >= 15 is 0 Å². The number of carbonyl (C=O) groups excluding carboxylic acids is 2. The van der Waals surface area contributed by atoms with Crippen molar-refractivity contribution in [3.8, 4) is 0 Å². The van der Waals surface area contributed by atoms with E-state index in [1.54, 1.807) is 0 Å². The maximum atomic E-state index is 10.4. The maximum Gasteiger partial charge on any atom is 1.00 e. The predicted molar refractivity (Wildman–Crippen MR) is 60.7 cm³/mol. The number of carbonyl (C=O) groups is 2. The summed E-state index contributed by atoms with van der Waals surface area (Å²) in [5.41, 5.74) is 0. The summed E-state index contributed by atoms with van der Waals surface area (Å²) in [6.07, 6.45) is 8.73. The molecule has 0 heterocycles. The first-order chi connectivity index (χ1) is 8.09. The Hall–Kier alpha value is 0.421. The summed E-state index contributed by atoms with van der Waals surface area (Å²) in [4.78, 5) is 20.9. The Morgan fingerprint density at radius 3 is 1.53 bits per heavy atom. The van der Waals surface area contributed by atoms with E-state index in [4.69, 9.17) is 0 Å². The summed E-state index contributed by atoms with van der Waals surface area (Å²) in [6.45, 7) is 2.17. The van der Waals surface area contributed by atoms with Gasteiger partial charge >= 0.3 is 44.8 Å². The van der Waals surface area contributed by atoms with Gasteiger partial charge in [0.15, 0.2) is 0 Å². The van der Waals surface area contributed by atoms with Gasteiger partial charge in [0.25, 0.3) is 0 Å². The molecule has 6 heteroatoms. The van der Waals surface area contributed by atoms with E-state index in [1.807, 2.05) is 0 Å². The monoisotopic (exact) mass is 456 g/mol. The molecule has 0 radical (unpaired) electrons. The zero-order chi connectivity index (χ0) is 13.1. The minimum Gasteiger partial charge on any atom is -0.549 e. The van der Waals surface area contributed by atoms with Gasteiger partial charge in [0.1, 0.15) is 0 Å². The minimum absolute atomic E-state index is 0. The summed E-state index contributed by atoms with van der Waals surface area (Å²) < 4.78 is 0. The van der Waals surface area contributed by atoms with E-state index in [0.717, 1.165) is 19.3 Å². The molecule has 0 aliphatic carbocycles. The molecular formula is C13H22Ag2O4. The fourth-order valence-corrected chi connectivity index (χ4v) is 1.81. The normalized spacial score (nSPS) is 9.58. The van der Waals surface area contributed by atoms with Crippen LogP contribution in [0.5, 0.6) is 0 Å². The van der Waals surface area contributed by atoms with Crippen LogP contribution in [0, 0.1) is 5.92 Å². The molecule has 0 N–H and O–H groups in total. The van der Waals surface area contributed by atoms with Crippen LogP contribution in [0.15, 0.2) is 0 Å². The van der Waals surface area contributed by atoms with Crippen molar-refractivity contribution in [2.45, 2.75) is 64.7 Å². The molecule has 0 atom stereocenters. The van der Waals surface area contributed by atoms with E-state index in [1.165, 1.54) is 25.7 Å². The summed E-state index contributed by atoms with van der Waals surface area (Å²) in [5, 5.41) is 20.9. The maximum absolute atomic E-state index is 10.4. The van der Waals surface area contributed by atoms with Crippen LogP contribution in [0.3, 0.4) is 0 Å². The van der Waals surface area contributed by atoms with Crippen molar-refractivity contribution < 1.29 is 64.6 Å². The fourth-order valence-electron chi connectivity index (χ4n) is 1.81. The zero-order valence-corrected chi connectivity index (χ0v) is 14.1. The van der Waals surface area contributed by atoms with Crippen LogP contribution in [0.2, 0.25) is 0 Å². The number of hydrogen-bond acceptors (Lipinski definition) is 4. The number of aliphatic carboxylic acids is 2. The summed E-state index contributed by atoms with van der Waals surface area (Å²) in [6, 6.07) is 0. The summed E-state index contributed by atoms with van der Waals surface area (Å²) >= 11 is 0. The smallest absolute Gasteiger partial charge is 0.549 e. The van der Waals surface area contributed by atoms with Crippen LogP contribution in [0.25, 0.3) is 0 Å². The first-order valence-corrected chi connectivity index (χ1v) is 6.51. The van der Waals surface area contributed by atoms with Gasteiger partial charge in [-0.05, 0) is 6.42 Å². The molecule has 0 saturated heterocycles. The van der Waals surface area contributed by atoms with Crippen LogP contribution >= 0.6 is 0 Å². The van der Waals surface area contributed by atoms with E-state index < -0.39 is 17.9 Å². The summed E-state index contributed by atoms with van der Waals surface area (Å²) in [5.74, 6) is -4.52. The molecule has 0 bridgehead atoms. The molecule has 0 fully saturated rings. The fraction of sp³-hybridized carbons (Fsp3) is 0.846. The van der Waals surface area contributed by atoms with Gasteiger partial charge in [-0.25, -0.2) is 0 Å². The molecule has 0 saturated carbocycles. The topological polar surface area (TPSA) is 80.3 Å². The Balaban J connectivity index is -0.00000128. The van der Waals surface area contributed by atoms with Gasteiger partial charge in [-0.1, -0.05) is 58.3 Å². The minimum atomic E-state index is -1.53. The molecule has 4 nitrogen and oxygen atoms in total. The van der Waals surface area contributed by atoms with Crippen molar-refractivity contribution in [3.63, 3.8) is 0 Å². The van der Waals surface area contributed by atoms with Crippen LogP contribution in [-0.4, -0.2) is 11.9 Å². The first kappa shape index (κ1) is 24.4. The average molecular weight is 458 g/mol. The van der Waals surface area contributed by atoms with Crippen molar-refractivity contribution in [2.24, 2.45) is 5.92 Å². The largest absolute Gasteiger partial charge is 1.00 e. The third-order valence-corrected chi connectivity index (χ3v) is 2.92. The predicted octanol–water partition coefficient (Wildman–Crippen LogP) is 0.628. The van der Waals surface area contributed by atoms with Crippen LogP contribution < -0.4 is 10.2 Å².